The molecule has 4 heteroatoms. The van der Waals surface area contributed by atoms with Crippen LogP contribution < -0.4 is 14.4 Å². The molecule has 1 amide bonds. The third kappa shape index (κ3) is 2.86. The van der Waals surface area contributed by atoms with Gasteiger partial charge in [0.05, 0.1) is 5.92 Å². The number of fused-ring (bicyclic) bond motifs is 2. The highest BCUT2D eigenvalue weighted by Crippen LogP contribution is 2.38. The third-order valence-corrected chi connectivity index (χ3v) is 5.25. The summed E-state index contributed by atoms with van der Waals surface area (Å²) in [5, 5.41) is 0. The van der Waals surface area contributed by atoms with Gasteiger partial charge >= 0.3 is 0 Å². The minimum absolute atomic E-state index is 0.135. The van der Waals surface area contributed by atoms with Gasteiger partial charge < -0.3 is 14.4 Å². The SMILES string of the molecule is CC1CCN(C(=O)C(C)c2ccc3c(c2)OCCO3)c2ccccc21. The molecule has 0 bridgehead atoms. The molecular formula is C21H23NO3. The van der Waals surface area contributed by atoms with E-state index in [4.69, 9.17) is 9.47 Å². The van der Waals surface area contributed by atoms with Crippen molar-refractivity contribution in [1.29, 1.82) is 0 Å². The van der Waals surface area contributed by atoms with Crippen molar-refractivity contribution in [3.8, 4) is 11.5 Å². The molecule has 0 saturated heterocycles. The molecule has 0 radical (unpaired) electrons. The molecule has 2 aliphatic rings. The number of benzene rings is 2. The lowest BCUT2D eigenvalue weighted by atomic mass is 9.90. The first kappa shape index (κ1) is 16.0. The Balaban J connectivity index is 1.62. The van der Waals surface area contributed by atoms with Crippen molar-refractivity contribution in [2.24, 2.45) is 0 Å². The van der Waals surface area contributed by atoms with Crippen molar-refractivity contribution < 1.29 is 14.3 Å². The number of nitrogens with zero attached hydrogens (tertiary/aromatic N) is 1. The van der Waals surface area contributed by atoms with Crippen LogP contribution in [0.15, 0.2) is 42.5 Å². The molecule has 25 heavy (non-hydrogen) atoms. The predicted molar refractivity (Wildman–Crippen MR) is 97.7 cm³/mol. The Bertz CT molecular complexity index is 801. The van der Waals surface area contributed by atoms with Gasteiger partial charge in [0.25, 0.3) is 0 Å². The summed E-state index contributed by atoms with van der Waals surface area (Å²) in [6, 6.07) is 14.1. The lowest BCUT2D eigenvalue weighted by molar-refractivity contribution is -0.119. The highest BCUT2D eigenvalue weighted by molar-refractivity contribution is 5.99. The molecule has 2 aliphatic heterocycles. The van der Waals surface area contributed by atoms with Gasteiger partial charge in [-0.05, 0) is 48.6 Å². The molecule has 4 rings (SSSR count). The lowest BCUT2D eigenvalue weighted by Gasteiger charge is -2.34. The van der Waals surface area contributed by atoms with Gasteiger partial charge in [0.15, 0.2) is 11.5 Å². The first-order valence-corrected chi connectivity index (χ1v) is 8.95. The molecule has 2 heterocycles. The van der Waals surface area contributed by atoms with Crippen molar-refractivity contribution in [3.63, 3.8) is 0 Å². The number of hydrogen-bond donors (Lipinski definition) is 0. The van der Waals surface area contributed by atoms with E-state index in [1.165, 1.54) is 5.56 Å². The van der Waals surface area contributed by atoms with Gasteiger partial charge in [0.2, 0.25) is 5.91 Å². The summed E-state index contributed by atoms with van der Waals surface area (Å²) in [5.41, 5.74) is 3.28. The van der Waals surface area contributed by atoms with Crippen molar-refractivity contribution in [2.45, 2.75) is 32.1 Å². The fourth-order valence-corrected chi connectivity index (χ4v) is 3.68. The average Bonchev–Trinajstić information content (AvgIpc) is 2.67. The maximum atomic E-state index is 13.2. The van der Waals surface area contributed by atoms with E-state index in [0.29, 0.717) is 19.1 Å². The van der Waals surface area contributed by atoms with E-state index in [1.807, 2.05) is 42.2 Å². The first-order chi connectivity index (χ1) is 12.1. The van der Waals surface area contributed by atoms with Crippen LogP contribution >= 0.6 is 0 Å². The van der Waals surface area contributed by atoms with Crippen LogP contribution in [0, 0.1) is 0 Å². The van der Waals surface area contributed by atoms with Gasteiger partial charge in [-0.25, -0.2) is 0 Å². The minimum atomic E-state index is -0.225. The van der Waals surface area contributed by atoms with E-state index in [2.05, 4.69) is 19.1 Å². The molecule has 0 fully saturated rings. The fraction of sp³-hybridized carbons (Fsp3) is 0.381. The molecule has 2 atom stereocenters. The van der Waals surface area contributed by atoms with Crippen LogP contribution in [0.5, 0.6) is 11.5 Å². The van der Waals surface area contributed by atoms with E-state index in [9.17, 15) is 4.79 Å². The number of ether oxygens (including phenoxy) is 2. The summed E-state index contributed by atoms with van der Waals surface area (Å²) in [6.45, 7) is 6.09. The van der Waals surface area contributed by atoms with Crippen molar-refractivity contribution in [3.05, 3.63) is 53.6 Å². The Morgan fingerprint density at radius 2 is 1.88 bits per heavy atom. The van der Waals surface area contributed by atoms with Crippen LogP contribution in [0.1, 0.15) is 43.2 Å². The number of hydrogen-bond acceptors (Lipinski definition) is 3. The number of para-hydroxylation sites is 1. The van der Waals surface area contributed by atoms with Crippen molar-refractivity contribution >= 4 is 11.6 Å². The Hall–Kier alpha value is -2.49. The second-order valence-corrected chi connectivity index (χ2v) is 6.86. The van der Waals surface area contributed by atoms with Gasteiger partial charge in [0, 0.05) is 12.2 Å². The zero-order chi connectivity index (χ0) is 17.4. The van der Waals surface area contributed by atoms with Crippen LogP contribution in [-0.4, -0.2) is 25.7 Å². The Labute approximate surface area is 148 Å². The summed E-state index contributed by atoms with van der Waals surface area (Å²) in [5.74, 6) is 1.89. The fourth-order valence-electron chi connectivity index (χ4n) is 3.68. The smallest absolute Gasteiger partial charge is 0.234 e. The molecule has 0 saturated carbocycles. The van der Waals surface area contributed by atoms with E-state index in [1.54, 1.807) is 0 Å². The summed E-state index contributed by atoms with van der Waals surface area (Å²) < 4.78 is 11.2. The number of amides is 1. The summed E-state index contributed by atoms with van der Waals surface area (Å²) in [7, 11) is 0. The number of carbonyl (C=O) groups excluding carboxylic acids is 1. The monoisotopic (exact) mass is 337 g/mol. The van der Waals surface area contributed by atoms with Gasteiger partial charge in [-0.3, -0.25) is 4.79 Å². The van der Waals surface area contributed by atoms with Gasteiger partial charge in [0.1, 0.15) is 13.2 Å². The molecule has 0 N–H and O–H groups in total. The molecular weight excluding hydrogens is 314 g/mol. The van der Waals surface area contributed by atoms with Crippen LogP contribution in [0.4, 0.5) is 5.69 Å². The number of carbonyl (C=O) groups is 1. The minimum Gasteiger partial charge on any atom is -0.486 e. The third-order valence-electron chi connectivity index (χ3n) is 5.25. The molecule has 0 aliphatic carbocycles. The number of rotatable bonds is 2. The number of anilines is 1. The quantitative estimate of drug-likeness (QED) is 0.828. The van der Waals surface area contributed by atoms with E-state index < -0.39 is 0 Å². The van der Waals surface area contributed by atoms with Gasteiger partial charge in [-0.2, -0.15) is 0 Å². The van der Waals surface area contributed by atoms with Crippen LogP contribution in [-0.2, 0) is 4.79 Å². The maximum Gasteiger partial charge on any atom is 0.234 e. The normalized spacial score (nSPS) is 19.9. The maximum absolute atomic E-state index is 13.2. The predicted octanol–water partition coefficient (Wildman–Crippen LogP) is 4.10. The molecule has 2 aromatic rings. The van der Waals surface area contributed by atoms with E-state index in [0.717, 1.165) is 35.7 Å². The standard InChI is InChI=1S/C21H23NO3/c1-14-9-10-22(18-6-4-3-5-17(14)18)21(23)15(2)16-7-8-19-20(13-16)25-12-11-24-19/h3-8,13-15H,9-12H2,1-2H3. The Morgan fingerprint density at radius 3 is 2.72 bits per heavy atom. The van der Waals surface area contributed by atoms with Crippen LogP contribution in [0.3, 0.4) is 0 Å². The van der Waals surface area contributed by atoms with Crippen LogP contribution in [0.25, 0.3) is 0 Å². The topological polar surface area (TPSA) is 38.8 Å². The van der Waals surface area contributed by atoms with E-state index in [-0.39, 0.29) is 11.8 Å². The highest BCUT2D eigenvalue weighted by Gasteiger charge is 2.30. The highest BCUT2D eigenvalue weighted by atomic mass is 16.6. The molecule has 2 unspecified atom stereocenters. The Morgan fingerprint density at radius 1 is 1.12 bits per heavy atom. The largest absolute Gasteiger partial charge is 0.486 e. The summed E-state index contributed by atoms with van der Waals surface area (Å²) in [4.78, 5) is 15.1. The zero-order valence-electron chi connectivity index (χ0n) is 14.7. The molecule has 130 valence electrons. The second kappa shape index (κ2) is 6.43. The molecule has 0 spiro atoms. The van der Waals surface area contributed by atoms with Gasteiger partial charge in [-0.15, -0.1) is 0 Å². The first-order valence-electron chi connectivity index (χ1n) is 8.95. The Kier molecular flexibility index (Phi) is 4.12. The molecule has 2 aromatic carbocycles. The molecule has 0 aromatic heterocycles. The second-order valence-electron chi connectivity index (χ2n) is 6.86. The zero-order valence-corrected chi connectivity index (χ0v) is 14.7. The van der Waals surface area contributed by atoms with Crippen molar-refractivity contribution in [2.75, 3.05) is 24.7 Å². The molecule has 4 nitrogen and oxygen atoms in total. The lowest BCUT2D eigenvalue weighted by Crippen LogP contribution is -2.38. The van der Waals surface area contributed by atoms with Crippen molar-refractivity contribution in [1.82, 2.24) is 0 Å². The van der Waals surface area contributed by atoms with E-state index >= 15 is 0 Å². The summed E-state index contributed by atoms with van der Waals surface area (Å²) in [6.07, 6.45) is 0.997. The van der Waals surface area contributed by atoms with Gasteiger partial charge in [-0.1, -0.05) is 31.2 Å². The van der Waals surface area contributed by atoms with Crippen LogP contribution in [0.2, 0.25) is 0 Å². The average molecular weight is 337 g/mol. The summed E-state index contributed by atoms with van der Waals surface area (Å²) >= 11 is 0.